The zero-order valence-electron chi connectivity index (χ0n) is 28.6. The first-order chi connectivity index (χ1) is 22.1. The highest BCUT2D eigenvalue weighted by Gasteiger charge is 2.52. The highest BCUT2D eigenvalue weighted by atomic mass is 19.1. The van der Waals surface area contributed by atoms with E-state index in [1.807, 2.05) is 6.92 Å². The topological polar surface area (TPSA) is 144 Å². The Hall–Kier alpha value is -3.57. The fourth-order valence-electron chi connectivity index (χ4n) is 7.77. The number of hydrazine groups is 1. The van der Waals surface area contributed by atoms with Crippen molar-refractivity contribution in [1.82, 2.24) is 21.5 Å². The number of ether oxygens (including phenoxy) is 3. The average Bonchev–Trinajstić information content (AvgIpc) is 3.61. The minimum absolute atomic E-state index is 0.00400. The van der Waals surface area contributed by atoms with Crippen LogP contribution in [0.3, 0.4) is 0 Å². The van der Waals surface area contributed by atoms with Crippen molar-refractivity contribution in [2.45, 2.75) is 117 Å². The quantitative estimate of drug-likeness (QED) is 0.268. The van der Waals surface area contributed by atoms with Crippen LogP contribution in [0.4, 0.5) is 9.18 Å². The molecule has 4 fully saturated rings. The molecule has 5 rings (SSSR count). The van der Waals surface area contributed by atoms with Crippen LogP contribution in [-0.2, 0) is 14.3 Å². The molecule has 0 spiro atoms. The predicted molar refractivity (Wildman–Crippen MR) is 172 cm³/mol. The number of fused-ring (bicyclic) bond motifs is 2. The van der Waals surface area contributed by atoms with Crippen LogP contribution in [0, 0.1) is 34.4 Å². The SMILES string of the molecule is COc1cc(F)c(O[C@H]2CC[C@@](C)(C(=O)NNC(=O)OC(C)(C)C)CC2)cc1C(=O)N[C@@H]1[C@H]2CC[C@H](C2)[C@@H]1C(=O)NCC1(C)CCC1. The second kappa shape index (κ2) is 13.5. The average molecular weight is 659 g/mol. The number of halogens is 1. The molecular weight excluding hydrogens is 607 g/mol. The molecule has 4 amide bonds. The predicted octanol–water partition coefficient (Wildman–Crippen LogP) is 5.17. The van der Waals surface area contributed by atoms with Gasteiger partial charge in [0.05, 0.1) is 24.7 Å². The Kier molecular flexibility index (Phi) is 9.99. The maximum Gasteiger partial charge on any atom is 0.426 e. The zero-order chi connectivity index (χ0) is 34.1. The lowest BCUT2D eigenvalue weighted by Crippen LogP contribution is -2.51. The minimum Gasteiger partial charge on any atom is -0.496 e. The van der Waals surface area contributed by atoms with E-state index in [-0.39, 0.29) is 64.2 Å². The van der Waals surface area contributed by atoms with Crippen molar-refractivity contribution in [2.24, 2.45) is 28.6 Å². The highest BCUT2D eigenvalue weighted by molar-refractivity contribution is 5.98. The van der Waals surface area contributed by atoms with Crippen LogP contribution < -0.4 is 31.0 Å². The third-order valence-electron chi connectivity index (χ3n) is 10.8. The Balaban J connectivity index is 1.20. The monoisotopic (exact) mass is 658 g/mol. The van der Waals surface area contributed by atoms with Gasteiger partial charge in [-0.1, -0.05) is 20.3 Å². The summed E-state index contributed by atoms with van der Waals surface area (Å²) in [6, 6.07) is 2.22. The Labute approximate surface area is 276 Å². The molecule has 4 N–H and O–H groups in total. The highest BCUT2D eigenvalue weighted by Crippen LogP contribution is 2.49. The van der Waals surface area contributed by atoms with E-state index in [0.717, 1.165) is 38.2 Å². The maximum absolute atomic E-state index is 15.2. The van der Waals surface area contributed by atoms with Crippen molar-refractivity contribution in [3.05, 3.63) is 23.5 Å². The molecule has 4 aliphatic rings. The Morgan fingerprint density at radius 2 is 1.62 bits per heavy atom. The van der Waals surface area contributed by atoms with Crippen molar-refractivity contribution in [3.63, 3.8) is 0 Å². The largest absolute Gasteiger partial charge is 0.496 e. The van der Waals surface area contributed by atoms with E-state index < -0.39 is 28.8 Å². The fourth-order valence-corrected chi connectivity index (χ4v) is 7.77. The fraction of sp³-hybridized carbons (Fsp3) is 0.714. The number of rotatable bonds is 9. The summed E-state index contributed by atoms with van der Waals surface area (Å²) >= 11 is 0. The van der Waals surface area contributed by atoms with Gasteiger partial charge in [-0.3, -0.25) is 19.8 Å². The smallest absolute Gasteiger partial charge is 0.426 e. The van der Waals surface area contributed by atoms with Crippen molar-refractivity contribution >= 4 is 23.8 Å². The molecule has 0 saturated heterocycles. The molecule has 1 aromatic carbocycles. The Morgan fingerprint density at radius 3 is 2.23 bits per heavy atom. The summed E-state index contributed by atoms with van der Waals surface area (Å²) in [5.74, 6) is -1.26. The molecule has 4 atom stereocenters. The summed E-state index contributed by atoms with van der Waals surface area (Å²) in [5, 5.41) is 6.30. The van der Waals surface area contributed by atoms with Gasteiger partial charge in [0.15, 0.2) is 11.6 Å². The van der Waals surface area contributed by atoms with Crippen LogP contribution in [0.1, 0.15) is 109 Å². The van der Waals surface area contributed by atoms with Gasteiger partial charge < -0.3 is 24.8 Å². The first-order valence-electron chi connectivity index (χ1n) is 17.0. The number of amides is 4. The molecule has 1 aromatic rings. The molecule has 0 aromatic heterocycles. The second-order valence-corrected chi connectivity index (χ2v) is 15.7. The van der Waals surface area contributed by atoms with Crippen LogP contribution >= 0.6 is 0 Å². The standard InChI is InChI=1S/C35H51FN4O7/c1-33(2,3)47-32(44)40-39-31(43)35(5)14-10-22(11-15-35)46-26-17-23(25(45-6)18-24(26)36)29(41)38-28-21-9-8-20(16-21)27(28)30(42)37-19-34(4)12-7-13-34/h17-18,20-22,27-28H,7-16,19H2,1-6H3,(H,37,42)(H,38,41)(H,39,43)(H,40,44)/t20-,21+,22-,27+,28-,35+/m1/s1. The van der Waals surface area contributed by atoms with Gasteiger partial charge in [-0.25, -0.2) is 14.6 Å². The normalized spacial score (nSPS) is 29.2. The summed E-state index contributed by atoms with van der Waals surface area (Å²) in [6.45, 7) is 9.84. The third kappa shape index (κ3) is 7.95. The van der Waals surface area contributed by atoms with Gasteiger partial charge in [-0.2, -0.15) is 0 Å². The van der Waals surface area contributed by atoms with Gasteiger partial charge in [0.25, 0.3) is 5.91 Å². The summed E-state index contributed by atoms with van der Waals surface area (Å²) in [4.78, 5) is 51.9. The number of nitrogens with one attached hydrogen (secondary N) is 4. The molecule has 260 valence electrons. The number of carbonyl (C=O) groups excluding carboxylic acids is 4. The van der Waals surface area contributed by atoms with Crippen LogP contribution in [0.15, 0.2) is 12.1 Å². The van der Waals surface area contributed by atoms with E-state index in [0.29, 0.717) is 32.2 Å². The Bertz CT molecular complexity index is 1370. The Morgan fingerprint density at radius 1 is 0.936 bits per heavy atom. The molecule has 0 unspecified atom stereocenters. The second-order valence-electron chi connectivity index (χ2n) is 15.7. The van der Waals surface area contributed by atoms with Crippen LogP contribution in [-0.4, -0.2) is 55.2 Å². The number of methoxy groups -OCH3 is 1. The van der Waals surface area contributed by atoms with E-state index in [4.69, 9.17) is 14.2 Å². The first-order valence-corrected chi connectivity index (χ1v) is 17.0. The number of benzene rings is 1. The van der Waals surface area contributed by atoms with E-state index >= 15 is 4.39 Å². The molecule has 2 bridgehead atoms. The van der Waals surface area contributed by atoms with Crippen LogP contribution in [0.25, 0.3) is 0 Å². The number of carbonyl (C=O) groups is 4. The van der Waals surface area contributed by atoms with Gasteiger partial charge in [0, 0.05) is 24.1 Å². The zero-order valence-corrected chi connectivity index (χ0v) is 28.6. The minimum atomic E-state index is -0.766. The van der Waals surface area contributed by atoms with Gasteiger partial charge in [-0.15, -0.1) is 0 Å². The molecule has 4 saturated carbocycles. The molecule has 12 heteroatoms. The number of hydrogen-bond donors (Lipinski definition) is 4. The van der Waals surface area contributed by atoms with Gasteiger partial charge >= 0.3 is 6.09 Å². The molecule has 0 aliphatic heterocycles. The van der Waals surface area contributed by atoms with Crippen molar-refractivity contribution < 1.29 is 37.8 Å². The van der Waals surface area contributed by atoms with Gasteiger partial charge in [0.1, 0.15) is 11.4 Å². The lowest BCUT2D eigenvalue weighted by molar-refractivity contribution is -0.134. The van der Waals surface area contributed by atoms with Gasteiger partial charge in [0.2, 0.25) is 11.8 Å². The molecule has 11 nitrogen and oxygen atoms in total. The van der Waals surface area contributed by atoms with E-state index in [1.54, 1.807) is 20.8 Å². The molecule has 0 heterocycles. The van der Waals surface area contributed by atoms with Crippen LogP contribution in [0.2, 0.25) is 0 Å². The van der Waals surface area contributed by atoms with Crippen molar-refractivity contribution in [2.75, 3.05) is 13.7 Å². The van der Waals surface area contributed by atoms with Crippen molar-refractivity contribution in [3.8, 4) is 11.5 Å². The van der Waals surface area contributed by atoms with E-state index in [1.165, 1.54) is 19.6 Å². The third-order valence-corrected chi connectivity index (χ3v) is 10.8. The van der Waals surface area contributed by atoms with E-state index in [2.05, 4.69) is 28.4 Å². The molecular formula is C35H51FN4O7. The summed E-state index contributed by atoms with van der Waals surface area (Å²) in [6.07, 6.45) is 6.94. The first kappa shape index (κ1) is 34.8. The van der Waals surface area contributed by atoms with E-state index in [9.17, 15) is 19.2 Å². The van der Waals surface area contributed by atoms with Crippen LogP contribution in [0.5, 0.6) is 11.5 Å². The lowest BCUT2D eigenvalue weighted by atomic mass is 9.70. The molecule has 47 heavy (non-hydrogen) atoms. The molecule has 4 aliphatic carbocycles. The molecule has 0 radical (unpaired) electrons. The maximum atomic E-state index is 15.2. The summed E-state index contributed by atoms with van der Waals surface area (Å²) in [7, 11) is 1.38. The lowest BCUT2D eigenvalue weighted by Gasteiger charge is -2.39. The van der Waals surface area contributed by atoms with Gasteiger partial charge in [-0.05, 0) is 102 Å². The number of hydrogen-bond acceptors (Lipinski definition) is 7. The van der Waals surface area contributed by atoms with Crippen molar-refractivity contribution in [1.29, 1.82) is 0 Å². The summed E-state index contributed by atoms with van der Waals surface area (Å²) < 4.78 is 31.8. The summed E-state index contributed by atoms with van der Waals surface area (Å²) in [5.41, 5.74) is 3.57.